The second-order valence-corrected chi connectivity index (χ2v) is 13.4. The Morgan fingerprint density at radius 1 is 0.556 bits per heavy atom. The van der Waals surface area contributed by atoms with Crippen LogP contribution in [0.3, 0.4) is 0 Å². The second-order valence-electron chi connectivity index (χ2n) is 11.6. The molecule has 45 heavy (non-hydrogen) atoms. The van der Waals surface area contributed by atoms with E-state index in [1.54, 1.807) is 4.57 Å². The van der Waals surface area contributed by atoms with E-state index in [9.17, 15) is 4.57 Å². The predicted molar refractivity (Wildman–Crippen MR) is 173 cm³/mol. The van der Waals surface area contributed by atoms with Crippen molar-refractivity contribution in [3.8, 4) is 22.3 Å². The van der Waals surface area contributed by atoms with Gasteiger partial charge < -0.3 is 9.79 Å². The number of hydrogen-bond donors (Lipinski definition) is 2. The molecule has 0 aliphatic rings. The first kappa shape index (κ1) is 32.3. The summed E-state index contributed by atoms with van der Waals surface area (Å²) < 4.78 is 19.5. The van der Waals surface area contributed by atoms with E-state index in [1.165, 1.54) is 43.2 Å². The molecule has 0 aliphatic heterocycles. The van der Waals surface area contributed by atoms with Gasteiger partial charge in [0.15, 0.2) is 69.2 Å². The van der Waals surface area contributed by atoms with E-state index >= 15 is 0 Å². The average Bonchev–Trinajstić information content (AvgIpc) is 3.05. The largest absolute Gasteiger partial charge is 0.331 e. The molecule has 9 heteroatoms. The summed E-state index contributed by atoms with van der Waals surface area (Å²) in [5.74, 6) is 0. The van der Waals surface area contributed by atoms with Crippen molar-refractivity contribution < 1.29 is 32.6 Å². The minimum Gasteiger partial charge on any atom is -0.324 e. The Balaban J connectivity index is 1.14. The maximum atomic E-state index is 11.1. The molecule has 232 valence electrons. The van der Waals surface area contributed by atoms with Gasteiger partial charge in [0, 0.05) is 55.0 Å². The summed E-state index contributed by atoms with van der Waals surface area (Å²) >= 11 is 0. The molecule has 5 aromatic heterocycles. The van der Waals surface area contributed by atoms with Gasteiger partial charge in [0.1, 0.15) is 24.1 Å². The Labute approximate surface area is 266 Å². The molecular formula is C36H44N5O3P+4. The van der Waals surface area contributed by atoms with Crippen LogP contribution in [0.25, 0.3) is 22.3 Å². The number of aryl methyl sites for hydroxylation is 2. The van der Waals surface area contributed by atoms with Crippen molar-refractivity contribution in [3.63, 3.8) is 0 Å². The highest BCUT2D eigenvalue weighted by atomic mass is 31.2. The molecule has 0 unspecified atom stereocenters. The van der Waals surface area contributed by atoms with Crippen LogP contribution in [-0.4, -0.2) is 20.9 Å². The van der Waals surface area contributed by atoms with E-state index in [-0.39, 0.29) is 12.7 Å². The van der Waals surface area contributed by atoms with E-state index in [0.29, 0.717) is 13.1 Å². The molecule has 0 fully saturated rings. The van der Waals surface area contributed by atoms with Gasteiger partial charge in [-0.1, -0.05) is 32.3 Å². The summed E-state index contributed by atoms with van der Waals surface area (Å²) in [6.07, 6.45) is 22.7. The normalized spacial score (nSPS) is 11.5. The molecule has 0 amide bonds. The van der Waals surface area contributed by atoms with Crippen LogP contribution in [-0.2, 0) is 30.7 Å². The molecule has 5 aromatic rings. The molecule has 2 N–H and O–H groups in total. The summed E-state index contributed by atoms with van der Waals surface area (Å²) in [6, 6.07) is 23.0. The lowest BCUT2D eigenvalue weighted by atomic mass is 10.1. The van der Waals surface area contributed by atoms with Crippen molar-refractivity contribution in [2.45, 2.75) is 65.2 Å². The number of rotatable bonds is 15. The van der Waals surface area contributed by atoms with Gasteiger partial charge in [-0.25, -0.2) is 14.1 Å². The Morgan fingerprint density at radius 3 is 1.38 bits per heavy atom. The van der Waals surface area contributed by atoms with Crippen LogP contribution in [0, 0.1) is 0 Å². The zero-order chi connectivity index (χ0) is 31.5. The number of aromatic nitrogens is 5. The lowest BCUT2D eigenvalue weighted by Gasteiger charge is -2.04. The number of unbranched alkanes of at least 4 members (excludes halogenated alkanes) is 4. The minimum atomic E-state index is -4.01. The Hall–Kier alpha value is -4.10. The van der Waals surface area contributed by atoms with Crippen LogP contribution in [0.4, 0.5) is 0 Å². The third kappa shape index (κ3) is 10.2. The van der Waals surface area contributed by atoms with Gasteiger partial charge in [-0.05, 0) is 40.8 Å². The lowest BCUT2D eigenvalue weighted by molar-refractivity contribution is -0.697. The summed E-state index contributed by atoms with van der Waals surface area (Å²) in [4.78, 5) is 23.1. The van der Waals surface area contributed by atoms with E-state index in [2.05, 4.69) is 100 Å². The molecule has 0 spiro atoms. The average molecular weight is 626 g/mol. The number of nitrogens with zero attached hydrogens (tertiary/aromatic N) is 5. The fraction of sp³-hybridized carbons (Fsp3) is 0.306. The topological polar surface area (TPSA) is 85.9 Å². The highest BCUT2D eigenvalue weighted by Gasteiger charge is 2.16. The molecule has 5 heterocycles. The van der Waals surface area contributed by atoms with Gasteiger partial charge in [-0.3, -0.25) is 4.57 Å². The maximum Gasteiger partial charge on any atom is 0.331 e. The summed E-state index contributed by atoms with van der Waals surface area (Å²) in [5.41, 5.74) is 6.55. The highest BCUT2D eigenvalue weighted by Crippen LogP contribution is 2.33. The summed E-state index contributed by atoms with van der Waals surface area (Å²) in [5, 5.41) is 0. The van der Waals surface area contributed by atoms with Crippen molar-refractivity contribution in [2.75, 3.05) is 6.16 Å². The molecular weight excluding hydrogens is 581 g/mol. The number of pyridine rings is 5. The number of hydrogen-bond acceptors (Lipinski definition) is 2. The quantitative estimate of drug-likeness (QED) is 0.0994. The van der Waals surface area contributed by atoms with Crippen LogP contribution >= 0.6 is 7.60 Å². The SMILES string of the molecule is CCCCCCC[n+]1ccc(-c2cc[n+](Cc3cccc(C[n+]4ccc(-c5cc[n+](CCP(=O)(O)O)cc5)cc4)n3)cc2)cc1. The van der Waals surface area contributed by atoms with Gasteiger partial charge in [0.05, 0.1) is 0 Å². The zero-order valence-electron chi connectivity index (χ0n) is 26.0. The molecule has 0 bridgehead atoms. The van der Waals surface area contributed by atoms with Gasteiger partial charge in [-0.15, -0.1) is 0 Å². The van der Waals surface area contributed by atoms with E-state index in [4.69, 9.17) is 14.8 Å². The molecule has 5 rings (SSSR count). The fourth-order valence-electron chi connectivity index (χ4n) is 5.33. The van der Waals surface area contributed by atoms with Crippen LogP contribution in [0.5, 0.6) is 0 Å². The summed E-state index contributed by atoms with van der Waals surface area (Å²) in [7, 11) is -4.01. The van der Waals surface area contributed by atoms with Crippen LogP contribution < -0.4 is 18.3 Å². The van der Waals surface area contributed by atoms with Crippen molar-refractivity contribution >= 4 is 7.60 Å². The third-order valence-corrected chi connectivity index (χ3v) is 8.74. The molecule has 0 saturated heterocycles. The van der Waals surface area contributed by atoms with Crippen LogP contribution in [0.2, 0.25) is 0 Å². The van der Waals surface area contributed by atoms with E-state index in [1.807, 2.05) is 36.9 Å². The van der Waals surface area contributed by atoms with Crippen molar-refractivity contribution in [3.05, 3.63) is 128 Å². The van der Waals surface area contributed by atoms with Gasteiger partial charge in [-0.2, -0.15) is 9.13 Å². The van der Waals surface area contributed by atoms with Crippen LogP contribution in [0.15, 0.2) is 116 Å². The Kier molecular flexibility index (Phi) is 11.3. The monoisotopic (exact) mass is 625 g/mol. The first-order chi connectivity index (χ1) is 21.8. The molecule has 0 atom stereocenters. The smallest absolute Gasteiger partial charge is 0.324 e. The Bertz CT molecular complexity index is 1690. The zero-order valence-corrected chi connectivity index (χ0v) is 26.9. The first-order valence-electron chi connectivity index (χ1n) is 15.8. The van der Waals surface area contributed by atoms with Gasteiger partial charge >= 0.3 is 7.60 Å². The van der Waals surface area contributed by atoms with Crippen molar-refractivity contribution in [1.82, 2.24) is 4.98 Å². The molecule has 0 aliphatic carbocycles. The second kappa shape index (κ2) is 15.8. The Morgan fingerprint density at radius 2 is 0.956 bits per heavy atom. The molecule has 0 aromatic carbocycles. The molecule has 0 saturated carbocycles. The van der Waals surface area contributed by atoms with Crippen LogP contribution in [0.1, 0.15) is 50.4 Å². The van der Waals surface area contributed by atoms with Crippen molar-refractivity contribution in [1.29, 1.82) is 0 Å². The highest BCUT2D eigenvalue weighted by molar-refractivity contribution is 7.51. The molecule has 0 radical (unpaired) electrons. The van der Waals surface area contributed by atoms with Gasteiger partial charge in [0.25, 0.3) is 0 Å². The van der Waals surface area contributed by atoms with E-state index in [0.717, 1.165) is 29.1 Å². The molecule has 8 nitrogen and oxygen atoms in total. The first-order valence-corrected chi connectivity index (χ1v) is 17.6. The predicted octanol–water partition coefficient (Wildman–Crippen LogP) is 4.81. The third-order valence-electron chi connectivity index (χ3n) is 7.95. The lowest BCUT2D eigenvalue weighted by Crippen LogP contribution is -2.35. The van der Waals surface area contributed by atoms with Crippen molar-refractivity contribution in [2.24, 2.45) is 0 Å². The summed E-state index contributed by atoms with van der Waals surface area (Å²) in [6.45, 7) is 4.98. The standard InChI is InChI=1S/C36H42N5O3P/c1-2-3-4-5-6-18-38-19-10-31(11-20-38)33-14-23-40(24-15-33)29-35-8-7-9-36(37-35)30-41-25-16-34(17-26-41)32-12-21-39(22-13-32)27-28-45(42,43)44/h7-17,19-26H,2-6,18,27-30H2,1H3/q+2/p+2. The minimum absolute atomic E-state index is 0.170. The van der Waals surface area contributed by atoms with Gasteiger partial charge in [0.2, 0.25) is 0 Å². The maximum absolute atomic E-state index is 11.1. The fourth-order valence-corrected chi connectivity index (χ4v) is 5.82. The van der Waals surface area contributed by atoms with E-state index < -0.39 is 7.60 Å².